The number of amides is 2. The number of carbonyl (C=O) groups excluding carboxylic acids is 2. The second-order valence-corrected chi connectivity index (χ2v) is 4.98. The first-order valence-corrected chi connectivity index (χ1v) is 6.13. The van der Waals surface area contributed by atoms with Crippen LogP contribution in [0.15, 0.2) is 0 Å². The van der Waals surface area contributed by atoms with Crippen molar-refractivity contribution in [3.05, 3.63) is 0 Å². The third-order valence-corrected chi connectivity index (χ3v) is 3.00. The van der Waals surface area contributed by atoms with Crippen molar-refractivity contribution in [2.45, 2.75) is 12.1 Å². The Kier molecular flexibility index (Phi) is 5.13. The Morgan fingerprint density at radius 3 is 1.76 bits per heavy atom. The summed E-state index contributed by atoms with van der Waals surface area (Å²) >= 11 is 0. The molecule has 122 valence electrons. The molecule has 0 bridgehead atoms. The quantitative estimate of drug-likeness (QED) is 0.709. The molecule has 0 radical (unpaired) electrons. The Morgan fingerprint density at radius 1 is 0.952 bits per heavy atom. The molecule has 0 atom stereocenters. The topological polar surface area (TPSA) is 43.9 Å². The van der Waals surface area contributed by atoms with Gasteiger partial charge in [0.05, 0.1) is 6.54 Å². The van der Waals surface area contributed by atoms with Crippen LogP contribution in [0, 0.1) is 0 Å². The van der Waals surface area contributed by atoms with Crippen LogP contribution in [0.3, 0.4) is 0 Å². The summed E-state index contributed by atoms with van der Waals surface area (Å²) in [6, 6.07) is 0. The molecule has 1 fully saturated rings. The van der Waals surface area contributed by atoms with Gasteiger partial charge in [0.2, 0.25) is 5.91 Å². The number of hydrogen-bond acceptors (Lipinski definition) is 3. The molecule has 0 saturated carbocycles. The standard InChI is InChI=1S/C11H16F5N3O2/c1-17(2)7-8(20)18-3-5-19(6-4-18)9(21)10(12,13)11(14,15)16/h3-7H2,1-2H3. The van der Waals surface area contributed by atoms with E-state index in [2.05, 4.69) is 0 Å². The van der Waals surface area contributed by atoms with Gasteiger partial charge in [-0.3, -0.25) is 9.59 Å². The van der Waals surface area contributed by atoms with Gasteiger partial charge in [-0.1, -0.05) is 0 Å². The van der Waals surface area contributed by atoms with Gasteiger partial charge in [0.1, 0.15) is 0 Å². The van der Waals surface area contributed by atoms with E-state index in [9.17, 15) is 31.5 Å². The summed E-state index contributed by atoms with van der Waals surface area (Å²) in [5.41, 5.74) is 0. The predicted octanol–water partition coefficient (Wildman–Crippen LogP) is 0.416. The fourth-order valence-corrected chi connectivity index (χ4v) is 1.85. The SMILES string of the molecule is CN(C)CC(=O)N1CCN(C(=O)C(F)(F)C(F)(F)F)CC1. The molecule has 1 aliphatic heterocycles. The van der Waals surface area contributed by atoms with E-state index in [1.807, 2.05) is 0 Å². The van der Waals surface area contributed by atoms with Crippen molar-refractivity contribution in [3.63, 3.8) is 0 Å². The molecule has 0 spiro atoms. The van der Waals surface area contributed by atoms with E-state index in [0.717, 1.165) is 0 Å². The van der Waals surface area contributed by atoms with Crippen molar-refractivity contribution < 1.29 is 31.5 Å². The summed E-state index contributed by atoms with van der Waals surface area (Å²) < 4.78 is 62.2. The highest BCUT2D eigenvalue weighted by atomic mass is 19.4. The molecule has 1 heterocycles. The van der Waals surface area contributed by atoms with E-state index in [-0.39, 0.29) is 38.6 Å². The summed E-state index contributed by atoms with van der Waals surface area (Å²) in [6.07, 6.45) is -5.91. The zero-order chi connectivity index (χ0) is 16.4. The van der Waals surface area contributed by atoms with E-state index in [0.29, 0.717) is 4.90 Å². The minimum atomic E-state index is -5.91. The van der Waals surface area contributed by atoms with Crippen molar-refractivity contribution in [1.82, 2.24) is 14.7 Å². The number of piperazine rings is 1. The van der Waals surface area contributed by atoms with E-state index < -0.39 is 18.0 Å². The summed E-state index contributed by atoms with van der Waals surface area (Å²) in [5.74, 6) is -7.94. The lowest BCUT2D eigenvalue weighted by Gasteiger charge is -2.36. The maximum atomic E-state index is 12.9. The third kappa shape index (κ3) is 4.02. The van der Waals surface area contributed by atoms with E-state index in [1.165, 1.54) is 4.90 Å². The Labute approximate surface area is 118 Å². The Morgan fingerprint density at radius 2 is 1.38 bits per heavy atom. The van der Waals surface area contributed by atoms with Crippen molar-refractivity contribution in [3.8, 4) is 0 Å². The highest BCUT2D eigenvalue weighted by molar-refractivity contribution is 5.85. The van der Waals surface area contributed by atoms with E-state index in [4.69, 9.17) is 0 Å². The van der Waals surface area contributed by atoms with Crippen molar-refractivity contribution in [2.75, 3.05) is 46.8 Å². The van der Waals surface area contributed by atoms with Crippen LogP contribution in [0.1, 0.15) is 0 Å². The molecule has 10 heteroatoms. The lowest BCUT2D eigenvalue weighted by molar-refractivity contribution is -0.274. The summed E-state index contributed by atoms with van der Waals surface area (Å²) in [5, 5.41) is 0. The Balaban J connectivity index is 2.61. The van der Waals surface area contributed by atoms with Crippen molar-refractivity contribution in [2.24, 2.45) is 0 Å². The van der Waals surface area contributed by atoms with Gasteiger partial charge in [-0.25, -0.2) is 0 Å². The minimum Gasteiger partial charge on any atom is -0.338 e. The second kappa shape index (κ2) is 6.12. The number of nitrogens with zero attached hydrogens (tertiary/aromatic N) is 3. The van der Waals surface area contributed by atoms with Gasteiger partial charge in [0.25, 0.3) is 0 Å². The van der Waals surface area contributed by atoms with Gasteiger partial charge in [-0.05, 0) is 14.1 Å². The Hall–Kier alpha value is -1.45. The number of alkyl halides is 5. The number of likely N-dealkylation sites (N-methyl/N-ethyl adjacent to an activating group) is 1. The lowest BCUT2D eigenvalue weighted by atomic mass is 10.2. The number of halogens is 5. The highest BCUT2D eigenvalue weighted by Crippen LogP contribution is 2.37. The third-order valence-electron chi connectivity index (χ3n) is 3.00. The normalized spacial score (nSPS) is 17.3. The first-order chi connectivity index (χ1) is 9.46. The average Bonchev–Trinajstić information content (AvgIpc) is 2.35. The molecule has 0 aliphatic carbocycles. The summed E-state index contributed by atoms with van der Waals surface area (Å²) in [6.45, 7) is -0.710. The molecule has 1 aliphatic rings. The zero-order valence-electron chi connectivity index (χ0n) is 11.6. The molecule has 0 unspecified atom stereocenters. The fraction of sp³-hybridized carbons (Fsp3) is 0.818. The van der Waals surface area contributed by atoms with Gasteiger partial charge < -0.3 is 14.7 Å². The van der Waals surface area contributed by atoms with E-state index in [1.54, 1.807) is 19.0 Å². The molecule has 5 nitrogen and oxygen atoms in total. The number of carbonyl (C=O) groups is 2. The first kappa shape index (κ1) is 17.6. The van der Waals surface area contributed by atoms with Gasteiger partial charge >= 0.3 is 18.0 Å². The number of hydrogen-bond donors (Lipinski definition) is 0. The first-order valence-electron chi connectivity index (χ1n) is 6.13. The van der Waals surface area contributed by atoms with E-state index >= 15 is 0 Å². The van der Waals surface area contributed by atoms with Crippen LogP contribution in [0.2, 0.25) is 0 Å². The second-order valence-electron chi connectivity index (χ2n) is 4.98. The number of rotatable bonds is 3. The maximum Gasteiger partial charge on any atom is 0.463 e. The molecule has 1 saturated heterocycles. The van der Waals surface area contributed by atoms with Crippen LogP contribution in [0.25, 0.3) is 0 Å². The molecule has 1 rings (SSSR count). The van der Waals surface area contributed by atoms with Crippen LogP contribution in [-0.4, -0.2) is 85.4 Å². The summed E-state index contributed by atoms with van der Waals surface area (Å²) in [7, 11) is 3.34. The van der Waals surface area contributed by atoms with Crippen molar-refractivity contribution in [1.29, 1.82) is 0 Å². The lowest BCUT2D eigenvalue weighted by Crippen LogP contribution is -2.58. The maximum absolute atomic E-state index is 12.9. The summed E-state index contributed by atoms with van der Waals surface area (Å²) in [4.78, 5) is 26.3. The molecule has 0 aromatic rings. The van der Waals surface area contributed by atoms with Crippen LogP contribution in [0.4, 0.5) is 22.0 Å². The smallest absolute Gasteiger partial charge is 0.338 e. The molecule has 21 heavy (non-hydrogen) atoms. The molecule has 0 aromatic heterocycles. The highest BCUT2D eigenvalue weighted by Gasteiger charge is 2.64. The average molecular weight is 317 g/mol. The fourth-order valence-electron chi connectivity index (χ4n) is 1.85. The van der Waals surface area contributed by atoms with Gasteiger partial charge in [-0.15, -0.1) is 0 Å². The van der Waals surface area contributed by atoms with Crippen LogP contribution in [0.5, 0.6) is 0 Å². The monoisotopic (exact) mass is 317 g/mol. The van der Waals surface area contributed by atoms with Gasteiger partial charge in [-0.2, -0.15) is 22.0 Å². The van der Waals surface area contributed by atoms with Gasteiger partial charge in [0.15, 0.2) is 0 Å². The van der Waals surface area contributed by atoms with Crippen LogP contribution >= 0.6 is 0 Å². The molecular formula is C11H16F5N3O2. The molecule has 0 aromatic carbocycles. The van der Waals surface area contributed by atoms with Crippen molar-refractivity contribution >= 4 is 11.8 Å². The van der Waals surface area contributed by atoms with Gasteiger partial charge in [0, 0.05) is 26.2 Å². The molecular weight excluding hydrogens is 301 g/mol. The zero-order valence-corrected chi connectivity index (χ0v) is 11.6. The predicted molar refractivity (Wildman–Crippen MR) is 62.7 cm³/mol. The van der Waals surface area contributed by atoms with Crippen LogP contribution in [-0.2, 0) is 9.59 Å². The van der Waals surface area contributed by atoms with Crippen LogP contribution < -0.4 is 0 Å². The Bertz CT molecular complexity index is 403. The largest absolute Gasteiger partial charge is 0.463 e. The molecule has 0 N–H and O–H groups in total. The molecule has 2 amide bonds. The minimum absolute atomic E-state index is 0.0631.